The molecule has 0 spiro atoms. The van der Waals surface area contributed by atoms with Crippen LogP contribution in [0, 0.1) is 0 Å². The maximum atomic E-state index is 13.0. The van der Waals surface area contributed by atoms with E-state index in [1.165, 1.54) is 244 Å². The molecule has 9 heteroatoms. The second-order valence-corrected chi connectivity index (χ2v) is 23.5. The first-order chi connectivity index (χ1) is 33.5. The molecule has 0 aliphatic heterocycles. The predicted molar refractivity (Wildman–Crippen MR) is 300 cm³/mol. The van der Waals surface area contributed by atoms with Crippen molar-refractivity contribution >= 4 is 13.7 Å². The van der Waals surface area contributed by atoms with Gasteiger partial charge in [0.1, 0.15) is 13.2 Å². The average molecular weight is 997 g/mol. The summed E-state index contributed by atoms with van der Waals surface area (Å²) in [7, 11) is 1.58. The minimum atomic E-state index is -4.34. The Morgan fingerprint density at radius 3 is 1.12 bits per heavy atom. The molecule has 0 rings (SSSR count). The van der Waals surface area contributed by atoms with Gasteiger partial charge in [-0.25, -0.2) is 4.57 Å². The maximum absolute atomic E-state index is 13.0. The largest absolute Gasteiger partial charge is 0.472 e. The number of allylic oxidation sites excluding steroid dienone is 3. The molecule has 3 unspecified atom stereocenters. The fourth-order valence-corrected chi connectivity index (χ4v) is 9.89. The molecule has 0 aromatic rings. The number of phosphoric acid groups is 1. The predicted octanol–water partition coefficient (Wildman–Crippen LogP) is 18.4. The smallest absolute Gasteiger partial charge is 0.387 e. The highest BCUT2D eigenvalue weighted by Crippen LogP contribution is 2.43. The summed E-state index contributed by atoms with van der Waals surface area (Å²) in [6.45, 7) is 4.85. The number of aliphatic hydroxyl groups is 1. The van der Waals surface area contributed by atoms with Crippen molar-refractivity contribution in [2.45, 2.75) is 315 Å². The van der Waals surface area contributed by atoms with E-state index in [0.717, 1.165) is 38.5 Å². The van der Waals surface area contributed by atoms with Crippen LogP contribution in [0.15, 0.2) is 24.3 Å². The molecule has 410 valence electrons. The normalized spacial score (nSPS) is 14.0. The number of amides is 1. The Balaban J connectivity index is 3.99. The lowest BCUT2D eigenvalue weighted by Crippen LogP contribution is -2.45. The van der Waals surface area contributed by atoms with Crippen LogP contribution in [0.3, 0.4) is 0 Å². The molecule has 69 heavy (non-hydrogen) atoms. The highest BCUT2D eigenvalue weighted by Gasteiger charge is 2.27. The summed E-state index contributed by atoms with van der Waals surface area (Å²) in [6.07, 6.45) is 65.8. The van der Waals surface area contributed by atoms with Crippen molar-refractivity contribution in [1.82, 2.24) is 5.32 Å². The lowest BCUT2D eigenvalue weighted by atomic mass is 10.0. The summed E-state index contributed by atoms with van der Waals surface area (Å²) in [5.41, 5.74) is 0. The molecule has 0 aromatic carbocycles. The van der Waals surface area contributed by atoms with Gasteiger partial charge in [-0.05, 0) is 44.9 Å². The molecule has 0 fully saturated rings. The van der Waals surface area contributed by atoms with Gasteiger partial charge in [-0.3, -0.25) is 13.8 Å². The number of likely N-dealkylation sites (N-methyl/N-ethyl adjacent to an activating group) is 1. The summed E-state index contributed by atoms with van der Waals surface area (Å²) in [6, 6.07) is -0.843. The Hall–Kier alpha value is -1.02. The first-order valence-corrected chi connectivity index (χ1v) is 31.7. The second kappa shape index (κ2) is 51.9. The number of carbonyl (C=O) groups excluding carboxylic acids is 1. The van der Waals surface area contributed by atoms with E-state index >= 15 is 0 Å². The summed E-state index contributed by atoms with van der Waals surface area (Å²) in [5.74, 6) is -0.172. The van der Waals surface area contributed by atoms with Crippen LogP contribution in [0.5, 0.6) is 0 Å². The van der Waals surface area contributed by atoms with Gasteiger partial charge < -0.3 is 19.8 Å². The van der Waals surface area contributed by atoms with Crippen molar-refractivity contribution < 1.29 is 32.9 Å². The van der Waals surface area contributed by atoms with E-state index in [2.05, 4.69) is 31.3 Å². The van der Waals surface area contributed by atoms with E-state index in [0.29, 0.717) is 17.4 Å². The third-order valence-corrected chi connectivity index (χ3v) is 14.9. The quantitative estimate of drug-likeness (QED) is 0.0243. The number of phosphoric ester groups is 1. The van der Waals surface area contributed by atoms with E-state index in [9.17, 15) is 19.4 Å². The summed E-state index contributed by atoms with van der Waals surface area (Å²) >= 11 is 0. The van der Waals surface area contributed by atoms with E-state index < -0.39 is 20.0 Å². The van der Waals surface area contributed by atoms with Crippen molar-refractivity contribution in [3.63, 3.8) is 0 Å². The van der Waals surface area contributed by atoms with Crippen molar-refractivity contribution in [3.05, 3.63) is 24.3 Å². The summed E-state index contributed by atoms with van der Waals surface area (Å²) in [5, 5.41) is 13.9. The van der Waals surface area contributed by atoms with Crippen molar-refractivity contribution in [3.8, 4) is 0 Å². The molecule has 0 aliphatic rings. The molecule has 0 bridgehead atoms. The summed E-state index contributed by atoms with van der Waals surface area (Å²) < 4.78 is 23.7. The van der Waals surface area contributed by atoms with Crippen LogP contribution in [0.1, 0.15) is 303 Å². The van der Waals surface area contributed by atoms with Gasteiger partial charge in [-0.2, -0.15) is 0 Å². The fourth-order valence-electron chi connectivity index (χ4n) is 9.16. The zero-order valence-electron chi connectivity index (χ0n) is 46.8. The Labute approximate surface area is 430 Å². The zero-order chi connectivity index (χ0) is 50.6. The number of nitrogens with zero attached hydrogens (tertiary/aromatic N) is 1. The fraction of sp³-hybridized carbons (Fsp3) is 0.917. The molecular formula is C60H120N2O6P+. The van der Waals surface area contributed by atoms with Crippen LogP contribution < -0.4 is 5.32 Å². The molecule has 0 heterocycles. The molecule has 3 N–H and O–H groups in total. The molecule has 1 amide bonds. The van der Waals surface area contributed by atoms with Crippen molar-refractivity contribution in [1.29, 1.82) is 0 Å². The van der Waals surface area contributed by atoms with Gasteiger partial charge in [0.2, 0.25) is 5.91 Å². The van der Waals surface area contributed by atoms with Gasteiger partial charge in [-0.1, -0.05) is 276 Å². The van der Waals surface area contributed by atoms with E-state index in [4.69, 9.17) is 9.05 Å². The topological polar surface area (TPSA) is 105 Å². The monoisotopic (exact) mass is 996 g/mol. The number of unbranched alkanes of at least 4 members (excludes halogenated alkanes) is 41. The molecule has 0 saturated heterocycles. The number of hydrogen-bond acceptors (Lipinski definition) is 5. The highest BCUT2D eigenvalue weighted by molar-refractivity contribution is 7.47. The number of carbonyl (C=O) groups is 1. The van der Waals surface area contributed by atoms with Crippen molar-refractivity contribution in [2.24, 2.45) is 0 Å². The Kier molecular flexibility index (Phi) is 51.1. The van der Waals surface area contributed by atoms with Crippen LogP contribution in [-0.4, -0.2) is 73.4 Å². The number of rotatable bonds is 56. The standard InChI is InChI=1S/C60H119N2O6P/c1-6-8-10-12-14-16-18-20-22-23-24-25-26-27-28-29-30-31-32-33-34-35-36-37-38-39-40-42-44-46-48-50-52-54-60(64)61-58(57-68-69(65,66)67-56-55-62(3,4)5)59(63)53-51-49-47-45-43-41-21-19-17-15-13-11-9-7-2/h27-28,51,53,58-59,63H,6-26,29-50,52,54-57H2,1-5H3,(H-,61,64,65,66)/p+1/b28-27-,53-51+. The molecule has 8 nitrogen and oxygen atoms in total. The van der Waals surface area contributed by atoms with Crippen molar-refractivity contribution in [2.75, 3.05) is 40.9 Å². The van der Waals surface area contributed by atoms with E-state index in [1.54, 1.807) is 6.08 Å². The molecule has 0 saturated carbocycles. The lowest BCUT2D eigenvalue weighted by molar-refractivity contribution is -0.870. The van der Waals surface area contributed by atoms with Gasteiger partial charge in [0, 0.05) is 6.42 Å². The molecule has 0 aliphatic carbocycles. The minimum absolute atomic E-state index is 0.0638. The van der Waals surface area contributed by atoms with Gasteiger partial charge in [0.25, 0.3) is 0 Å². The SMILES string of the molecule is CCCCCCCCCCCCCC/C=C\CCCCCCCCCCCCCCCCCCCC(=O)NC(COP(=O)(O)OCC[N+](C)(C)C)C(O)/C=C/CCCCCCCCCCCCCC. The first kappa shape index (κ1) is 68.0. The summed E-state index contributed by atoms with van der Waals surface area (Å²) in [4.78, 5) is 23.3. The lowest BCUT2D eigenvalue weighted by Gasteiger charge is -2.25. The van der Waals surface area contributed by atoms with E-state index in [1.807, 2.05) is 27.2 Å². The molecule has 0 aromatic heterocycles. The Morgan fingerprint density at radius 2 is 0.783 bits per heavy atom. The van der Waals surface area contributed by atoms with Crippen LogP contribution in [0.4, 0.5) is 0 Å². The average Bonchev–Trinajstić information content (AvgIpc) is 3.31. The van der Waals surface area contributed by atoms with Gasteiger partial charge in [-0.15, -0.1) is 0 Å². The Morgan fingerprint density at radius 1 is 0.478 bits per heavy atom. The van der Waals surface area contributed by atoms with Crippen LogP contribution >= 0.6 is 7.82 Å². The van der Waals surface area contributed by atoms with Gasteiger partial charge in [0.15, 0.2) is 0 Å². The molecule has 3 atom stereocenters. The van der Waals surface area contributed by atoms with Crippen LogP contribution in [-0.2, 0) is 18.4 Å². The number of quaternary nitrogens is 1. The first-order valence-electron chi connectivity index (χ1n) is 30.2. The Bertz CT molecular complexity index is 1170. The van der Waals surface area contributed by atoms with Crippen LogP contribution in [0.25, 0.3) is 0 Å². The van der Waals surface area contributed by atoms with Gasteiger partial charge >= 0.3 is 7.82 Å². The van der Waals surface area contributed by atoms with E-state index in [-0.39, 0.29) is 19.1 Å². The zero-order valence-corrected chi connectivity index (χ0v) is 47.7. The minimum Gasteiger partial charge on any atom is -0.387 e. The molecular weight excluding hydrogens is 876 g/mol. The maximum Gasteiger partial charge on any atom is 0.472 e. The number of aliphatic hydroxyl groups excluding tert-OH is 1. The number of nitrogens with one attached hydrogen (secondary N) is 1. The molecule has 0 radical (unpaired) electrons. The third kappa shape index (κ3) is 54.6. The number of hydrogen-bond donors (Lipinski definition) is 3. The third-order valence-electron chi connectivity index (χ3n) is 13.9. The highest BCUT2D eigenvalue weighted by atomic mass is 31.2. The van der Waals surface area contributed by atoms with Crippen LogP contribution in [0.2, 0.25) is 0 Å². The second-order valence-electron chi connectivity index (χ2n) is 22.1. The van der Waals surface area contributed by atoms with Gasteiger partial charge in [0.05, 0.1) is 39.9 Å².